The summed E-state index contributed by atoms with van der Waals surface area (Å²) < 4.78 is 0. The van der Waals surface area contributed by atoms with Crippen LogP contribution >= 0.6 is 0 Å². The van der Waals surface area contributed by atoms with E-state index in [0.29, 0.717) is 25.7 Å². The topological polar surface area (TPSA) is 130 Å². The van der Waals surface area contributed by atoms with Crippen LogP contribution in [0.15, 0.2) is 41.5 Å². The summed E-state index contributed by atoms with van der Waals surface area (Å²) >= 11 is 0. The van der Waals surface area contributed by atoms with Gasteiger partial charge in [-0.3, -0.25) is 4.79 Å². The normalized spacial score (nSPS) is 19.8. The largest absolute Gasteiger partial charge is 0.481 e. The highest BCUT2D eigenvalue weighted by atomic mass is 16.4. The molecule has 0 fully saturated rings. The Bertz CT molecular complexity index is 1110. The summed E-state index contributed by atoms with van der Waals surface area (Å²) in [6, 6.07) is 5.79. The molecular formula is C37H57NO6. The van der Waals surface area contributed by atoms with E-state index in [1.807, 2.05) is 12.2 Å². The van der Waals surface area contributed by atoms with E-state index in [9.17, 15) is 25.2 Å². The molecule has 0 bridgehead atoms. The van der Waals surface area contributed by atoms with Crippen molar-refractivity contribution < 1.29 is 30.3 Å². The fourth-order valence-corrected chi connectivity index (χ4v) is 5.89. The van der Waals surface area contributed by atoms with Crippen molar-refractivity contribution in [3.05, 3.63) is 58.2 Å². The maximum absolute atomic E-state index is 10.9. The number of benzene rings is 1. The van der Waals surface area contributed by atoms with Crippen LogP contribution in [0.4, 0.5) is 0 Å². The molecule has 1 aliphatic rings. The minimum Gasteiger partial charge on any atom is -0.481 e. The molecule has 0 spiro atoms. The molecule has 0 unspecified atom stereocenters. The SMILES string of the molecule is CCCCC[C@H](O)C=CC1=C(C[C@H](O)CO)[C@H](CCCCCCC(=O)O)N[C@@H]([C@H](C)O)CC#Cc2c(CC)cccc2CC1. The molecule has 1 aromatic carbocycles. The van der Waals surface area contributed by atoms with Crippen molar-refractivity contribution in [1.29, 1.82) is 0 Å². The molecular weight excluding hydrogens is 554 g/mol. The predicted octanol–water partition coefficient (Wildman–Crippen LogP) is 5.61. The first-order valence-electron chi connectivity index (χ1n) is 16.8. The summed E-state index contributed by atoms with van der Waals surface area (Å²) in [6.45, 7) is 5.67. The highest BCUT2D eigenvalue weighted by Gasteiger charge is 2.26. The number of rotatable bonds is 18. The number of aryl methyl sites for hydroxylation is 2. The second kappa shape index (κ2) is 21.3. The zero-order valence-corrected chi connectivity index (χ0v) is 27.2. The van der Waals surface area contributed by atoms with Crippen LogP contribution in [-0.4, -0.2) is 68.5 Å². The van der Waals surface area contributed by atoms with Crippen molar-refractivity contribution in [2.24, 2.45) is 0 Å². The Morgan fingerprint density at radius 1 is 1.07 bits per heavy atom. The number of hydrogen-bond acceptors (Lipinski definition) is 6. The number of nitrogens with one attached hydrogen (secondary N) is 1. The van der Waals surface area contributed by atoms with Gasteiger partial charge in [-0.25, -0.2) is 0 Å². The Morgan fingerprint density at radius 3 is 2.52 bits per heavy atom. The zero-order chi connectivity index (χ0) is 32.3. The first-order chi connectivity index (χ1) is 21.2. The summed E-state index contributed by atoms with van der Waals surface area (Å²) in [5.74, 6) is 5.99. The Morgan fingerprint density at radius 2 is 1.84 bits per heavy atom. The number of hydrogen-bond donors (Lipinski definition) is 6. The van der Waals surface area contributed by atoms with E-state index >= 15 is 0 Å². The molecule has 1 aliphatic heterocycles. The second-order valence-electron chi connectivity index (χ2n) is 12.2. The van der Waals surface area contributed by atoms with E-state index in [0.717, 1.165) is 80.1 Å². The number of carboxylic acids is 1. The van der Waals surface area contributed by atoms with Gasteiger partial charge in [-0.2, -0.15) is 0 Å². The lowest BCUT2D eigenvalue weighted by Crippen LogP contribution is -2.46. The lowest BCUT2D eigenvalue weighted by molar-refractivity contribution is -0.137. The van der Waals surface area contributed by atoms with Crippen molar-refractivity contribution in [3.8, 4) is 11.8 Å². The van der Waals surface area contributed by atoms with E-state index < -0.39 is 24.3 Å². The standard InChI is InChI=1S/C37H57NO6/c1-4-6-9-16-31(41)24-23-30-22-21-29-15-12-14-28(5-2)33(29)17-13-19-35(27(3)40)38-36(34(30)25-32(42)26-39)18-10-7-8-11-20-37(43)44/h12,14-15,23-24,27,31-32,35-36,38-42H,4-11,16,18-22,25-26H2,1-3H3,(H,43,44)/t27-,31-,32-,35+,36-/m0/s1. The van der Waals surface area contributed by atoms with Gasteiger partial charge >= 0.3 is 5.97 Å². The van der Waals surface area contributed by atoms with Gasteiger partial charge < -0.3 is 30.8 Å². The predicted molar refractivity (Wildman–Crippen MR) is 177 cm³/mol. The third-order valence-electron chi connectivity index (χ3n) is 8.57. The fourth-order valence-electron chi connectivity index (χ4n) is 5.89. The molecule has 0 aromatic heterocycles. The third-order valence-corrected chi connectivity index (χ3v) is 8.57. The molecule has 1 aromatic rings. The molecule has 6 N–H and O–H groups in total. The third kappa shape index (κ3) is 13.7. The smallest absolute Gasteiger partial charge is 0.303 e. The summed E-state index contributed by atoms with van der Waals surface area (Å²) in [5.41, 5.74) is 5.38. The van der Waals surface area contributed by atoms with Gasteiger partial charge in [0.1, 0.15) is 0 Å². The summed E-state index contributed by atoms with van der Waals surface area (Å²) in [5, 5.41) is 54.9. The van der Waals surface area contributed by atoms with Crippen molar-refractivity contribution in [1.82, 2.24) is 5.32 Å². The zero-order valence-electron chi connectivity index (χ0n) is 27.2. The first kappa shape index (κ1) is 37.7. The number of carbonyl (C=O) groups is 1. The molecule has 7 nitrogen and oxygen atoms in total. The lowest BCUT2D eigenvalue weighted by Gasteiger charge is -2.31. The highest BCUT2D eigenvalue weighted by Crippen LogP contribution is 2.28. The van der Waals surface area contributed by atoms with Crippen LogP contribution in [0.1, 0.15) is 121 Å². The van der Waals surface area contributed by atoms with Gasteiger partial charge in [0.05, 0.1) is 24.9 Å². The Kier molecular flexibility index (Phi) is 18.3. The number of fused-ring (bicyclic) bond motifs is 1. The van der Waals surface area contributed by atoms with Gasteiger partial charge in [0.2, 0.25) is 0 Å². The molecule has 0 saturated carbocycles. The maximum Gasteiger partial charge on any atom is 0.303 e. The maximum atomic E-state index is 10.9. The van der Waals surface area contributed by atoms with E-state index in [1.165, 1.54) is 5.56 Å². The van der Waals surface area contributed by atoms with Gasteiger partial charge in [0.15, 0.2) is 0 Å². The van der Waals surface area contributed by atoms with Gasteiger partial charge in [-0.15, -0.1) is 0 Å². The number of unbranched alkanes of at least 4 members (excludes halogenated alkanes) is 5. The Balaban J connectivity index is 2.59. The van der Waals surface area contributed by atoms with Crippen LogP contribution in [0, 0.1) is 11.8 Å². The van der Waals surface area contributed by atoms with Gasteiger partial charge in [-0.1, -0.05) is 94.6 Å². The second-order valence-corrected chi connectivity index (χ2v) is 12.2. The molecule has 246 valence electrons. The summed E-state index contributed by atoms with van der Waals surface area (Å²) in [4.78, 5) is 10.9. The minimum atomic E-state index is -0.945. The molecule has 44 heavy (non-hydrogen) atoms. The van der Waals surface area contributed by atoms with Crippen molar-refractivity contribution in [3.63, 3.8) is 0 Å². The van der Waals surface area contributed by atoms with Crippen molar-refractivity contribution in [2.75, 3.05) is 6.61 Å². The highest BCUT2D eigenvalue weighted by molar-refractivity contribution is 5.66. The fraction of sp³-hybridized carbons (Fsp3) is 0.649. The van der Waals surface area contributed by atoms with E-state index in [-0.39, 0.29) is 31.5 Å². The molecule has 0 aliphatic carbocycles. The Labute approximate surface area is 265 Å². The van der Waals surface area contributed by atoms with Crippen LogP contribution in [0.5, 0.6) is 0 Å². The van der Waals surface area contributed by atoms with Crippen LogP contribution in [0.25, 0.3) is 0 Å². The van der Waals surface area contributed by atoms with Gasteiger partial charge in [0.25, 0.3) is 0 Å². The first-order valence-corrected chi connectivity index (χ1v) is 16.8. The molecule has 0 radical (unpaired) electrons. The average molecular weight is 612 g/mol. The van der Waals surface area contributed by atoms with E-state index in [4.69, 9.17) is 5.11 Å². The van der Waals surface area contributed by atoms with Crippen molar-refractivity contribution in [2.45, 2.75) is 147 Å². The molecule has 1 heterocycles. The number of allylic oxidation sites excluding steroid dienone is 2. The molecule has 2 rings (SSSR count). The monoisotopic (exact) mass is 611 g/mol. The van der Waals surface area contributed by atoms with Crippen molar-refractivity contribution >= 4 is 5.97 Å². The summed E-state index contributed by atoms with van der Waals surface area (Å²) in [6.07, 6.45) is 12.5. The number of aliphatic hydroxyl groups is 4. The number of aliphatic hydroxyl groups excluding tert-OH is 4. The van der Waals surface area contributed by atoms with E-state index in [1.54, 1.807) is 6.92 Å². The Hall–Kier alpha value is -2.47. The lowest BCUT2D eigenvalue weighted by atomic mass is 9.86. The molecule has 5 atom stereocenters. The van der Waals surface area contributed by atoms with Gasteiger partial charge in [-0.05, 0) is 74.1 Å². The molecule has 0 amide bonds. The average Bonchev–Trinajstić information content (AvgIpc) is 2.99. The summed E-state index contributed by atoms with van der Waals surface area (Å²) in [7, 11) is 0. The van der Waals surface area contributed by atoms with E-state index in [2.05, 4.69) is 49.2 Å². The van der Waals surface area contributed by atoms with Crippen LogP contribution < -0.4 is 5.32 Å². The number of aliphatic carboxylic acids is 1. The number of carboxylic acid groups (broad SMARTS) is 1. The van der Waals surface area contributed by atoms with Crippen LogP contribution in [0.2, 0.25) is 0 Å². The molecule has 7 heteroatoms. The van der Waals surface area contributed by atoms with Crippen LogP contribution in [0.3, 0.4) is 0 Å². The quantitative estimate of drug-likeness (QED) is 0.0941. The van der Waals surface area contributed by atoms with Gasteiger partial charge in [0, 0.05) is 30.5 Å². The van der Waals surface area contributed by atoms with Crippen LogP contribution in [-0.2, 0) is 17.6 Å². The molecule has 0 saturated heterocycles. The minimum absolute atomic E-state index is 0.162.